The van der Waals surface area contributed by atoms with Crippen LogP contribution >= 0.6 is 0 Å². The van der Waals surface area contributed by atoms with Crippen molar-refractivity contribution >= 4 is 0 Å². The number of para-hydroxylation sites is 1. The van der Waals surface area contributed by atoms with Gasteiger partial charge in [-0.05, 0) is 18.9 Å². The summed E-state index contributed by atoms with van der Waals surface area (Å²) < 4.78 is 18.3. The topological polar surface area (TPSA) is 35.2 Å². The summed E-state index contributed by atoms with van der Waals surface area (Å²) in [6.45, 7) is 3.63. The number of allylic oxidation sites excluding steroid dienone is 1. The smallest absolute Gasteiger partial charge is 0.165 e. The summed E-state index contributed by atoms with van der Waals surface area (Å²) >= 11 is 0. The second kappa shape index (κ2) is 5.51. The number of benzene rings is 1. The van der Waals surface area contributed by atoms with Gasteiger partial charge in [-0.15, -0.1) is 6.58 Å². The average molecular weight is 209 g/mol. The monoisotopic (exact) mass is 209 g/mol. The average Bonchev–Trinajstić information content (AvgIpc) is 2.25. The van der Waals surface area contributed by atoms with E-state index in [0.717, 1.165) is 12.8 Å². The third-order valence-corrected chi connectivity index (χ3v) is 2.28. The molecule has 0 spiro atoms. The molecule has 0 amide bonds. The van der Waals surface area contributed by atoms with Crippen LogP contribution in [0.1, 0.15) is 24.4 Å². The van der Waals surface area contributed by atoms with Crippen LogP contribution in [-0.2, 0) is 0 Å². The Labute approximate surface area is 89.6 Å². The molecule has 1 atom stereocenters. The molecule has 2 N–H and O–H groups in total. The normalized spacial score (nSPS) is 12.2. The summed E-state index contributed by atoms with van der Waals surface area (Å²) in [4.78, 5) is 0. The molecule has 1 aromatic carbocycles. The lowest BCUT2D eigenvalue weighted by Crippen LogP contribution is -2.11. The summed E-state index contributed by atoms with van der Waals surface area (Å²) in [5.74, 6) is -0.127. The van der Waals surface area contributed by atoms with Gasteiger partial charge in [0.1, 0.15) is 0 Å². The molecule has 1 aromatic rings. The van der Waals surface area contributed by atoms with Crippen LogP contribution in [0.15, 0.2) is 30.9 Å². The number of ether oxygens (including phenoxy) is 1. The van der Waals surface area contributed by atoms with Gasteiger partial charge in [0.15, 0.2) is 11.6 Å². The van der Waals surface area contributed by atoms with Crippen molar-refractivity contribution in [1.29, 1.82) is 0 Å². The van der Waals surface area contributed by atoms with Crippen molar-refractivity contribution < 1.29 is 9.13 Å². The number of halogens is 1. The first kappa shape index (κ1) is 11.7. The first-order valence-electron chi connectivity index (χ1n) is 4.89. The SMILES string of the molecule is C=CCC[C@@H](N)c1cccc(F)c1OC. The zero-order chi connectivity index (χ0) is 11.3. The molecule has 0 aromatic heterocycles. The van der Waals surface area contributed by atoms with Gasteiger partial charge < -0.3 is 10.5 Å². The number of hydrogen-bond donors (Lipinski definition) is 1. The van der Waals surface area contributed by atoms with E-state index in [1.165, 1.54) is 13.2 Å². The van der Waals surface area contributed by atoms with Crippen molar-refractivity contribution in [3.05, 3.63) is 42.2 Å². The van der Waals surface area contributed by atoms with E-state index in [1.807, 2.05) is 0 Å². The minimum Gasteiger partial charge on any atom is -0.493 e. The number of nitrogens with two attached hydrogens (primary N) is 1. The van der Waals surface area contributed by atoms with Crippen LogP contribution in [0.5, 0.6) is 5.75 Å². The van der Waals surface area contributed by atoms with Gasteiger partial charge in [-0.3, -0.25) is 0 Å². The second-order valence-electron chi connectivity index (χ2n) is 3.33. The Morgan fingerprint density at radius 2 is 2.33 bits per heavy atom. The van der Waals surface area contributed by atoms with Crippen molar-refractivity contribution in [2.75, 3.05) is 7.11 Å². The summed E-state index contributed by atoms with van der Waals surface area (Å²) in [6.07, 6.45) is 3.34. The fourth-order valence-corrected chi connectivity index (χ4v) is 1.49. The van der Waals surface area contributed by atoms with Crippen LogP contribution in [0.3, 0.4) is 0 Å². The third kappa shape index (κ3) is 2.80. The zero-order valence-corrected chi connectivity index (χ0v) is 8.87. The van der Waals surface area contributed by atoms with Crippen molar-refractivity contribution in [1.82, 2.24) is 0 Å². The van der Waals surface area contributed by atoms with Crippen LogP contribution in [0.25, 0.3) is 0 Å². The van der Waals surface area contributed by atoms with Gasteiger partial charge in [0.05, 0.1) is 7.11 Å². The Bertz CT molecular complexity index is 338. The van der Waals surface area contributed by atoms with E-state index in [1.54, 1.807) is 18.2 Å². The summed E-state index contributed by atoms with van der Waals surface area (Å²) in [6, 6.07) is 4.58. The largest absolute Gasteiger partial charge is 0.493 e. The maximum atomic E-state index is 13.3. The summed E-state index contributed by atoms with van der Waals surface area (Å²) in [7, 11) is 1.45. The fraction of sp³-hybridized carbons (Fsp3) is 0.333. The van der Waals surface area contributed by atoms with E-state index in [2.05, 4.69) is 6.58 Å². The maximum Gasteiger partial charge on any atom is 0.165 e. The van der Waals surface area contributed by atoms with Crippen molar-refractivity contribution in [3.8, 4) is 5.75 Å². The summed E-state index contributed by atoms with van der Waals surface area (Å²) in [5, 5.41) is 0. The van der Waals surface area contributed by atoms with Crippen LogP contribution in [0.4, 0.5) is 4.39 Å². The predicted molar refractivity (Wildman–Crippen MR) is 59.3 cm³/mol. The minimum atomic E-state index is -0.371. The highest BCUT2D eigenvalue weighted by molar-refractivity contribution is 5.37. The van der Waals surface area contributed by atoms with Gasteiger partial charge in [0.25, 0.3) is 0 Å². The first-order valence-corrected chi connectivity index (χ1v) is 4.89. The van der Waals surface area contributed by atoms with E-state index in [4.69, 9.17) is 10.5 Å². The van der Waals surface area contributed by atoms with E-state index < -0.39 is 0 Å². The maximum absolute atomic E-state index is 13.3. The van der Waals surface area contributed by atoms with Gasteiger partial charge in [0, 0.05) is 11.6 Å². The molecule has 0 unspecified atom stereocenters. The molecule has 0 aliphatic carbocycles. The molecule has 0 saturated carbocycles. The molecule has 15 heavy (non-hydrogen) atoms. The van der Waals surface area contributed by atoms with Crippen LogP contribution in [-0.4, -0.2) is 7.11 Å². The lowest BCUT2D eigenvalue weighted by molar-refractivity contribution is 0.376. The van der Waals surface area contributed by atoms with E-state index in [9.17, 15) is 4.39 Å². The Morgan fingerprint density at radius 1 is 1.60 bits per heavy atom. The molecule has 0 heterocycles. The lowest BCUT2D eigenvalue weighted by atomic mass is 10.0. The van der Waals surface area contributed by atoms with Crippen LogP contribution in [0.2, 0.25) is 0 Å². The molecule has 3 heteroatoms. The van der Waals surface area contributed by atoms with Crippen LogP contribution < -0.4 is 10.5 Å². The Balaban J connectivity index is 2.91. The van der Waals surface area contributed by atoms with Crippen molar-refractivity contribution in [2.45, 2.75) is 18.9 Å². The van der Waals surface area contributed by atoms with E-state index in [0.29, 0.717) is 5.56 Å². The molecule has 0 aliphatic heterocycles. The van der Waals surface area contributed by atoms with Crippen LogP contribution in [0, 0.1) is 5.82 Å². The number of methoxy groups -OCH3 is 1. The lowest BCUT2D eigenvalue weighted by Gasteiger charge is -2.15. The predicted octanol–water partition coefficient (Wildman–Crippen LogP) is 2.80. The standard InChI is InChI=1S/C12H16FNO/c1-3-4-8-11(14)9-6-5-7-10(13)12(9)15-2/h3,5-7,11H,1,4,8,14H2,2H3/t11-/m1/s1. The molecule has 0 bridgehead atoms. The molecule has 0 saturated heterocycles. The highest BCUT2D eigenvalue weighted by atomic mass is 19.1. The fourth-order valence-electron chi connectivity index (χ4n) is 1.49. The highest BCUT2D eigenvalue weighted by Crippen LogP contribution is 2.28. The van der Waals surface area contributed by atoms with Gasteiger partial charge in [-0.2, -0.15) is 0 Å². The van der Waals surface area contributed by atoms with Gasteiger partial charge in [-0.1, -0.05) is 18.2 Å². The molecule has 1 rings (SSSR count). The third-order valence-electron chi connectivity index (χ3n) is 2.28. The quantitative estimate of drug-likeness (QED) is 0.757. The minimum absolute atomic E-state index is 0.214. The second-order valence-corrected chi connectivity index (χ2v) is 3.33. The molecule has 0 fully saturated rings. The number of rotatable bonds is 5. The van der Waals surface area contributed by atoms with Crippen molar-refractivity contribution in [3.63, 3.8) is 0 Å². The summed E-state index contributed by atoms with van der Waals surface area (Å²) in [5.41, 5.74) is 6.64. The molecule has 82 valence electrons. The Hall–Kier alpha value is -1.35. The molecule has 0 radical (unpaired) electrons. The molecular weight excluding hydrogens is 193 g/mol. The zero-order valence-electron chi connectivity index (χ0n) is 8.87. The van der Waals surface area contributed by atoms with Gasteiger partial charge >= 0.3 is 0 Å². The molecular formula is C12H16FNO. The Morgan fingerprint density at radius 3 is 2.93 bits per heavy atom. The molecule has 0 aliphatic rings. The number of hydrogen-bond acceptors (Lipinski definition) is 2. The highest BCUT2D eigenvalue weighted by Gasteiger charge is 2.14. The Kier molecular flexibility index (Phi) is 4.31. The first-order chi connectivity index (χ1) is 7.20. The van der Waals surface area contributed by atoms with Gasteiger partial charge in [0.2, 0.25) is 0 Å². The van der Waals surface area contributed by atoms with Crippen molar-refractivity contribution in [2.24, 2.45) is 5.73 Å². The van der Waals surface area contributed by atoms with E-state index in [-0.39, 0.29) is 17.6 Å². The molecule has 2 nitrogen and oxygen atoms in total. The van der Waals surface area contributed by atoms with Gasteiger partial charge in [-0.25, -0.2) is 4.39 Å². The van der Waals surface area contributed by atoms with E-state index >= 15 is 0 Å².